The number of hydrogen-bond donors (Lipinski definition) is 1. The highest BCUT2D eigenvalue weighted by atomic mass is 32.2. The van der Waals surface area contributed by atoms with Crippen molar-refractivity contribution in [3.05, 3.63) is 30.1 Å². The Bertz CT molecular complexity index is 1040. The van der Waals surface area contributed by atoms with Gasteiger partial charge in [-0.3, -0.25) is 4.98 Å². The van der Waals surface area contributed by atoms with Crippen molar-refractivity contribution < 1.29 is 40.9 Å². The van der Waals surface area contributed by atoms with Crippen LogP contribution in [0.4, 0.5) is 22.0 Å². The van der Waals surface area contributed by atoms with E-state index in [2.05, 4.69) is 19.7 Å². The minimum Gasteiger partial charge on any atom is -0.493 e. The van der Waals surface area contributed by atoms with Gasteiger partial charge in [-0.1, -0.05) is 11.8 Å². The van der Waals surface area contributed by atoms with Gasteiger partial charge in [0.15, 0.2) is 34.8 Å². The Morgan fingerprint density at radius 3 is 2.52 bits per heavy atom. The minimum atomic E-state index is -4.49. The second-order valence-corrected chi connectivity index (χ2v) is 6.89. The first kappa shape index (κ1) is 22.7. The molecular weight excluding hydrogens is 449 g/mol. The van der Waals surface area contributed by atoms with E-state index in [1.165, 1.54) is 50.4 Å². The van der Waals surface area contributed by atoms with E-state index in [-0.39, 0.29) is 28.8 Å². The van der Waals surface area contributed by atoms with Crippen molar-refractivity contribution in [2.75, 3.05) is 20.8 Å². The van der Waals surface area contributed by atoms with Gasteiger partial charge >= 0.3 is 12.8 Å². The number of nitrogens with one attached hydrogen (secondary N) is 1. The quantitative estimate of drug-likeness (QED) is 0.359. The fourth-order valence-electron chi connectivity index (χ4n) is 2.61. The molecule has 0 fully saturated rings. The number of aromatic nitrogens is 3. The summed E-state index contributed by atoms with van der Waals surface area (Å²) in [6.45, 7) is -4.48. The Morgan fingerprint density at radius 2 is 1.87 bits per heavy atom. The summed E-state index contributed by atoms with van der Waals surface area (Å²) in [4.78, 5) is 11.4. The van der Waals surface area contributed by atoms with Gasteiger partial charge in [0.2, 0.25) is 0 Å². The van der Waals surface area contributed by atoms with Crippen molar-refractivity contribution in [1.82, 2.24) is 15.0 Å². The van der Waals surface area contributed by atoms with E-state index in [9.17, 15) is 22.0 Å². The minimum absolute atomic E-state index is 0.0738. The van der Waals surface area contributed by atoms with Crippen LogP contribution in [-0.4, -0.2) is 48.6 Å². The van der Waals surface area contributed by atoms with Crippen LogP contribution in [0.2, 0.25) is 0 Å². The summed E-state index contributed by atoms with van der Waals surface area (Å²) in [6.07, 6.45) is -3.19. The maximum Gasteiger partial charge on any atom is 0.422 e. The number of pyridine rings is 1. The average molecular weight is 465 g/mol. The molecule has 0 aliphatic rings. The molecule has 2 heterocycles. The molecule has 0 atom stereocenters. The fraction of sp³-hybridized carbons (Fsp3) is 0.333. The lowest BCUT2D eigenvalue weighted by molar-refractivity contribution is -0.153. The first-order chi connectivity index (χ1) is 14.7. The lowest BCUT2D eigenvalue weighted by atomic mass is 10.3. The van der Waals surface area contributed by atoms with E-state index in [0.29, 0.717) is 21.9 Å². The molecule has 0 aliphatic heterocycles. The van der Waals surface area contributed by atoms with Crippen LogP contribution in [0.3, 0.4) is 0 Å². The van der Waals surface area contributed by atoms with Crippen LogP contribution in [0.5, 0.6) is 23.0 Å². The highest BCUT2D eigenvalue weighted by Gasteiger charge is 2.29. The SMILES string of the molecule is COc1cc2nc(SCc3nccc(OCC(F)(F)F)c3OC)[nH]c2cc1OC(F)F. The summed E-state index contributed by atoms with van der Waals surface area (Å²) < 4.78 is 81.9. The zero-order chi connectivity index (χ0) is 22.6. The van der Waals surface area contributed by atoms with Crippen molar-refractivity contribution in [3.8, 4) is 23.0 Å². The number of nitrogens with zero attached hydrogens (tertiary/aromatic N) is 2. The smallest absolute Gasteiger partial charge is 0.422 e. The average Bonchev–Trinajstić information content (AvgIpc) is 3.10. The molecule has 0 unspecified atom stereocenters. The normalized spacial score (nSPS) is 11.7. The van der Waals surface area contributed by atoms with E-state index in [4.69, 9.17) is 14.2 Å². The number of thioether (sulfide) groups is 1. The van der Waals surface area contributed by atoms with E-state index in [1.54, 1.807) is 0 Å². The summed E-state index contributed by atoms with van der Waals surface area (Å²) in [6, 6.07) is 4.05. The van der Waals surface area contributed by atoms with Gasteiger partial charge in [0, 0.05) is 30.1 Å². The van der Waals surface area contributed by atoms with Crippen LogP contribution in [0.25, 0.3) is 11.0 Å². The van der Waals surface area contributed by atoms with E-state index in [1.807, 2.05) is 0 Å². The largest absolute Gasteiger partial charge is 0.493 e. The van der Waals surface area contributed by atoms with Crippen LogP contribution >= 0.6 is 11.8 Å². The molecular formula is C18H16F5N3O4S. The number of alkyl halides is 5. The molecule has 3 aromatic rings. The molecule has 2 aromatic heterocycles. The number of benzene rings is 1. The monoisotopic (exact) mass is 465 g/mol. The van der Waals surface area contributed by atoms with Gasteiger partial charge in [0.1, 0.15) is 0 Å². The Morgan fingerprint density at radius 1 is 1.10 bits per heavy atom. The first-order valence-corrected chi connectivity index (χ1v) is 9.55. The summed E-state index contributed by atoms with van der Waals surface area (Å²) in [7, 11) is 2.61. The number of ether oxygens (including phenoxy) is 4. The van der Waals surface area contributed by atoms with Crippen LogP contribution in [0, 0.1) is 0 Å². The van der Waals surface area contributed by atoms with Gasteiger partial charge < -0.3 is 23.9 Å². The van der Waals surface area contributed by atoms with Crippen LogP contribution in [0.1, 0.15) is 5.69 Å². The highest BCUT2D eigenvalue weighted by molar-refractivity contribution is 7.98. The predicted octanol–water partition coefficient (Wildman–Crippen LogP) is 4.81. The molecule has 31 heavy (non-hydrogen) atoms. The molecule has 168 valence electrons. The summed E-state index contributed by atoms with van der Waals surface area (Å²) in [5.74, 6) is 0.110. The number of fused-ring (bicyclic) bond motifs is 1. The maximum absolute atomic E-state index is 12.6. The second-order valence-electron chi connectivity index (χ2n) is 5.92. The zero-order valence-electron chi connectivity index (χ0n) is 16.1. The molecule has 0 radical (unpaired) electrons. The van der Waals surface area contributed by atoms with Gasteiger partial charge in [-0.15, -0.1) is 0 Å². The molecule has 1 N–H and O–H groups in total. The van der Waals surface area contributed by atoms with E-state index < -0.39 is 19.4 Å². The number of methoxy groups -OCH3 is 2. The van der Waals surface area contributed by atoms with E-state index >= 15 is 0 Å². The summed E-state index contributed by atoms with van der Waals surface area (Å²) in [5.41, 5.74) is 1.22. The van der Waals surface area contributed by atoms with Gasteiger partial charge in [-0.2, -0.15) is 22.0 Å². The Balaban J connectivity index is 1.79. The molecule has 3 rings (SSSR count). The first-order valence-electron chi connectivity index (χ1n) is 8.57. The van der Waals surface area contributed by atoms with Crippen molar-refractivity contribution >= 4 is 22.8 Å². The lowest BCUT2D eigenvalue weighted by Crippen LogP contribution is -2.19. The van der Waals surface area contributed by atoms with Gasteiger partial charge in [0.25, 0.3) is 0 Å². The Labute approximate surface area is 176 Å². The summed E-state index contributed by atoms with van der Waals surface area (Å²) in [5, 5.41) is 0.414. The Hall–Kier alpha value is -2.96. The number of rotatable bonds is 9. The standard InChI is InChI=1S/C18H16F5N3O4S/c1-27-13-5-9-10(6-14(13)30-16(19)20)26-17(25-9)31-7-11-15(28-2)12(3-4-24-11)29-8-18(21,22)23/h3-6,16H,7-8H2,1-2H3,(H,25,26). The zero-order valence-corrected chi connectivity index (χ0v) is 16.9. The van der Waals surface area contributed by atoms with Crippen LogP contribution in [0.15, 0.2) is 29.6 Å². The molecule has 13 heteroatoms. The van der Waals surface area contributed by atoms with Gasteiger partial charge in [-0.25, -0.2) is 4.98 Å². The van der Waals surface area contributed by atoms with Crippen molar-refractivity contribution in [3.63, 3.8) is 0 Å². The second kappa shape index (κ2) is 9.45. The molecule has 0 saturated carbocycles. The number of halogens is 5. The van der Waals surface area contributed by atoms with Crippen molar-refractivity contribution in [1.29, 1.82) is 0 Å². The number of hydrogen-bond acceptors (Lipinski definition) is 7. The third-order valence-corrected chi connectivity index (χ3v) is 4.73. The number of imidazole rings is 1. The third kappa shape index (κ3) is 5.81. The van der Waals surface area contributed by atoms with Crippen LogP contribution in [-0.2, 0) is 5.75 Å². The van der Waals surface area contributed by atoms with Gasteiger partial charge in [-0.05, 0) is 0 Å². The van der Waals surface area contributed by atoms with Gasteiger partial charge in [0.05, 0.1) is 30.9 Å². The molecule has 0 amide bonds. The van der Waals surface area contributed by atoms with Crippen LogP contribution < -0.4 is 18.9 Å². The number of H-pyrrole nitrogens is 1. The molecule has 7 nitrogen and oxygen atoms in total. The fourth-order valence-corrected chi connectivity index (χ4v) is 3.44. The molecule has 0 aliphatic carbocycles. The highest BCUT2D eigenvalue weighted by Crippen LogP contribution is 2.36. The third-order valence-electron chi connectivity index (χ3n) is 3.84. The Kier molecular flexibility index (Phi) is 6.93. The molecule has 0 saturated heterocycles. The van der Waals surface area contributed by atoms with Crippen molar-refractivity contribution in [2.24, 2.45) is 0 Å². The molecule has 0 bridgehead atoms. The van der Waals surface area contributed by atoms with E-state index in [0.717, 1.165) is 0 Å². The maximum atomic E-state index is 12.6. The van der Waals surface area contributed by atoms with Crippen molar-refractivity contribution in [2.45, 2.75) is 23.7 Å². The predicted molar refractivity (Wildman–Crippen MR) is 101 cm³/mol. The summed E-state index contributed by atoms with van der Waals surface area (Å²) >= 11 is 1.18. The molecule has 1 aromatic carbocycles. The topological polar surface area (TPSA) is 78.5 Å². The molecule has 0 spiro atoms. The number of aromatic amines is 1. The lowest BCUT2D eigenvalue weighted by Gasteiger charge is -2.14.